The van der Waals surface area contributed by atoms with Crippen LogP contribution in [0.4, 0.5) is 25.1 Å². The first-order chi connectivity index (χ1) is 12.4. The second-order valence-corrected chi connectivity index (χ2v) is 8.17. The average molecular weight is 407 g/mol. The Morgan fingerprint density at radius 2 is 1.67 bits per heavy atom. The van der Waals surface area contributed by atoms with Gasteiger partial charge in [0.1, 0.15) is 4.90 Å². The molecule has 0 aromatic heterocycles. The number of ketones is 1. The number of benzene rings is 2. The third-order valence-electron chi connectivity index (χ3n) is 3.62. The van der Waals surface area contributed by atoms with Crippen LogP contribution < -0.4 is 14.8 Å². The molecular weight excluding hydrogens is 393 g/mol. The van der Waals surface area contributed by atoms with E-state index in [9.17, 15) is 24.2 Å². The van der Waals surface area contributed by atoms with Crippen LogP contribution in [0, 0.1) is 0 Å². The molecule has 1 aliphatic heterocycles. The number of fused-ring (bicyclic) bond motifs is 1. The largest absolute Gasteiger partial charge is 0.454 e. The highest BCUT2D eigenvalue weighted by Gasteiger charge is 2.65. The van der Waals surface area contributed by atoms with Crippen molar-refractivity contribution in [3.8, 4) is 11.5 Å². The molecule has 0 radical (unpaired) electrons. The molecule has 0 aliphatic carbocycles. The summed E-state index contributed by atoms with van der Waals surface area (Å²) >= 11 is 0. The minimum atomic E-state index is -9.69. The summed E-state index contributed by atoms with van der Waals surface area (Å²) in [5.74, 6) is 0.811. The van der Waals surface area contributed by atoms with Gasteiger partial charge in [-0.05, 0) is 48.0 Å². The lowest BCUT2D eigenvalue weighted by Crippen LogP contribution is -2.11. The highest BCUT2D eigenvalue weighted by atomic mass is 32.5. The highest BCUT2D eigenvalue weighted by Crippen LogP contribution is 3.02. The van der Waals surface area contributed by atoms with E-state index in [1.165, 1.54) is 6.08 Å². The van der Waals surface area contributed by atoms with Crippen LogP contribution in [0.1, 0.15) is 5.56 Å². The molecule has 27 heavy (non-hydrogen) atoms. The standard InChI is InChI=1S/C17H14F5NO3S/c18-27(19,20,21,22)15-6-3-13(4-7-15)23-10-14(24)5-1-12-2-8-16-17(9-12)26-11-25-16/h1-9,23H,10-11H2/b5-1+. The average Bonchev–Trinajstić information content (AvgIpc) is 3.04. The number of ether oxygens (including phenoxy) is 2. The predicted octanol–water partition coefficient (Wildman–Crippen LogP) is 5.77. The van der Waals surface area contributed by atoms with Gasteiger partial charge in [0.25, 0.3) is 0 Å². The number of nitrogens with one attached hydrogen (secondary N) is 1. The Labute approximate surface area is 151 Å². The topological polar surface area (TPSA) is 47.6 Å². The third-order valence-corrected chi connectivity index (χ3v) is 4.79. The summed E-state index contributed by atoms with van der Waals surface area (Å²) in [6.07, 6.45) is 2.83. The molecule has 0 saturated heterocycles. The lowest BCUT2D eigenvalue weighted by atomic mass is 10.1. The van der Waals surface area contributed by atoms with Crippen LogP contribution in [0.3, 0.4) is 0 Å². The molecule has 0 spiro atoms. The Morgan fingerprint density at radius 1 is 1.00 bits per heavy atom. The molecule has 4 nitrogen and oxygen atoms in total. The van der Waals surface area contributed by atoms with Gasteiger partial charge in [0.05, 0.1) is 6.54 Å². The van der Waals surface area contributed by atoms with E-state index >= 15 is 0 Å². The lowest BCUT2D eigenvalue weighted by Gasteiger charge is -2.40. The zero-order valence-electron chi connectivity index (χ0n) is 13.6. The second kappa shape index (κ2) is 5.88. The molecule has 1 aliphatic rings. The maximum Gasteiger partial charge on any atom is 0.310 e. The van der Waals surface area contributed by atoms with E-state index in [1.807, 2.05) is 0 Å². The second-order valence-electron chi connectivity index (χ2n) is 5.76. The van der Waals surface area contributed by atoms with Gasteiger partial charge in [-0.1, -0.05) is 31.6 Å². The van der Waals surface area contributed by atoms with Crippen molar-refractivity contribution in [3.05, 3.63) is 54.1 Å². The van der Waals surface area contributed by atoms with Crippen LogP contribution in [0.15, 0.2) is 53.4 Å². The predicted molar refractivity (Wildman–Crippen MR) is 92.9 cm³/mol. The molecule has 10 heteroatoms. The monoisotopic (exact) mass is 407 g/mol. The van der Waals surface area contributed by atoms with Crippen molar-refractivity contribution in [2.24, 2.45) is 0 Å². The molecule has 0 unspecified atom stereocenters. The van der Waals surface area contributed by atoms with E-state index in [1.54, 1.807) is 24.3 Å². The molecule has 146 valence electrons. The summed E-state index contributed by atoms with van der Waals surface area (Å²) in [5.41, 5.74) is 0.818. The van der Waals surface area contributed by atoms with Gasteiger partial charge in [-0.3, -0.25) is 4.79 Å². The normalized spacial score (nSPS) is 16.0. The first-order valence-corrected chi connectivity index (χ1v) is 9.54. The van der Waals surface area contributed by atoms with Gasteiger partial charge in [-0.15, -0.1) is 0 Å². The lowest BCUT2D eigenvalue weighted by molar-refractivity contribution is -0.113. The summed E-state index contributed by atoms with van der Waals surface area (Å²) in [6, 6.07) is 7.39. The molecule has 1 N–H and O–H groups in total. The van der Waals surface area contributed by atoms with Crippen LogP contribution in [0.25, 0.3) is 6.08 Å². The van der Waals surface area contributed by atoms with Crippen molar-refractivity contribution in [3.63, 3.8) is 0 Å². The molecule has 0 bridgehead atoms. The summed E-state index contributed by atoms with van der Waals surface area (Å²) < 4.78 is 73.6. The van der Waals surface area contributed by atoms with Gasteiger partial charge >= 0.3 is 10.2 Å². The van der Waals surface area contributed by atoms with Crippen molar-refractivity contribution in [1.82, 2.24) is 0 Å². The molecule has 2 aromatic carbocycles. The smallest absolute Gasteiger partial charge is 0.310 e. The van der Waals surface area contributed by atoms with Crippen molar-refractivity contribution >= 4 is 27.8 Å². The first-order valence-electron chi connectivity index (χ1n) is 7.59. The molecule has 0 amide bonds. The number of carbonyl (C=O) groups is 1. The van der Waals surface area contributed by atoms with Gasteiger partial charge in [0, 0.05) is 5.69 Å². The van der Waals surface area contributed by atoms with Crippen LogP contribution in [-0.2, 0) is 4.79 Å². The van der Waals surface area contributed by atoms with Crippen molar-refractivity contribution < 1.29 is 33.7 Å². The fraction of sp³-hybridized carbons (Fsp3) is 0.118. The number of halogens is 5. The van der Waals surface area contributed by atoms with Crippen molar-refractivity contribution in [2.45, 2.75) is 4.90 Å². The van der Waals surface area contributed by atoms with Crippen LogP contribution in [0.2, 0.25) is 0 Å². The van der Waals surface area contributed by atoms with Crippen LogP contribution >= 0.6 is 10.2 Å². The molecule has 2 aromatic rings. The SMILES string of the molecule is O=C(/C=C/c1ccc2c(c1)OCO2)CNc1ccc(S(F)(F)(F)(F)F)cc1. The molecule has 1 heterocycles. The maximum atomic E-state index is 12.6. The van der Waals surface area contributed by atoms with Gasteiger partial charge in [0.2, 0.25) is 6.79 Å². The summed E-state index contributed by atoms with van der Waals surface area (Å²) in [4.78, 5) is 9.88. The Hall–Kier alpha value is -2.75. The van der Waals surface area contributed by atoms with E-state index in [2.05, 4.69) is 5.32 Å². The van der Waals surface area contributed by atoms with Crippen molar-refractivity contribution in [1.29, 1.82) is 0 Å². The maximum absolute atomic E-state index is 12.6. The van der Waals surface area contributed by atoms with Gasteiger partial charge in [0.15, 0.2) is 17.3 Å². The van der Waals surface area contributed by atoms with Crippen LogP contribution in [-0.4, -0.2) is 19.1 Å². The fourth-order valence-electron chi connectivity index (χ4n) is 2.28. The minimum absolute atomic E-state index is 0.116. The molecular formula is C17H14F5NO3S. The Balaban J connectivity index is 1.58. The number of anilines is 1. The number of hydrogen-bond acceptors (Lipinski definition) is 4. The Kier molecular flexibility index (Phi) is 4.14. The van der Waals surface area contributed by atoms with Gasteiger partial charge in [-0.25, -0.2) is 0 Å². The number of hydrogen-bond donors (Lipinski definition) is 1. The van der Waals surface area contributed by atoms with Gasteiger partial charge < -0.3 is 14.8 Å². The van der Waals surface area contributed by atoms with Crippen molar-refractivity contribution in [2.75, 3.05) is 18.7 Å². The number of carbonyl (C=O) groups excluding carboxylic acids is 1. The zero-order chi connectivity index (χ0) is 19.8. The van der Waals surface area contributed by atoms with E-state index in [-0.39, 0.29) is 36.9 Å². The highest BCUT2D eigenvalue weighted by molar-refractivity contribution is 8.45. The summed E-state index contributed by atoms with van der Waals surface area (Å²) in [5, 5.41) is 2.58. The molecule has 0 fully saturated rings. The van der Waals surface area contributed by atoms with E-state index in [4.69, 9.17) is 9.47 Å². The molecule has 0 atom stereocenters. The Morgan fingerprint density at radius 3 is 2.33 bits per heavy atom. The zero-order valence-corrected chi connectivity index (χ0v) is 14.4. The summed E-state index contributed by atoms with van der Waals surface area (Å²) in [6.45, 7) is -0.0804. The quantitative estimate of drug-likeness (QED) is 0.488. The molecule has 3 rings (SSSR count). The third kappa shape index (κ3) is 4.91. The fourth-order valence-corrected chi connectivity index (χ4v) is 2.93. The minimum Gasteiger partial charge on any atom is -0.454 e. The van der Waals surface area contributed by atoms with E-state index in [0.29, 0.717) is 17.1 Å². The van der Waals surface area contributed by atoms with Gasteiger partial charge in [-0.2, -0.15) is 0 Å². The van der Waals surface area contributed by atoms with Crippen LogP contribution in [0.5, 0.6) is 11.5 Å². The molecule has 0 saturated carbocycles. The Bertz CT molecular complexity index is 911. The van der Waals surface area contributed by atoms with E-state index in [0.717, 1.165) is 12.1 Å². The van der Waals surface area contributed by atoms with E-state index < -0.39 is 15.1 Å². The number of rotatable bonds is 6. The summed E-state index contributed by atoms with van der Waals surface area (Å²) in [7, 11) is -9.69. The first kappa shape index (κ1) is 19.0.